The van der Waals surface area contributed by atoms with Crippen LogP contribution in [0.3, 0.4) is 0 Å². The van der Waals surface area contributed by atoms with E-state index in [0.717, 1.165) is 39.4 Å². The van der Waals surface area contributed by atoms with Crippen molar-refractivity contribution in [3.8, 4) is 22.5 Å². The third kappa shape index (κ3) is 4.08. The van der Waals surface area contributed by atoms with Gasteiger partial charge in [0.2, 0.25) is 5.91 Å². The van der Waals surface area contributed by atoms with Crippen LogP contribution in [0.4, 0.5) is 5.82 Å². The van der Waals surface area contributed by atoms with E-state index in [1.807, 2.05) is 78.2 Å². The fourth-order valence-corrected chi connectivity index (χ4v) is 4.36. The number of primary amides is 1. The summed E-state index contributed by atoms with van der Waals surface area (Å²) in [6.07, 6.45) is 6.72. The van der Waals surface area contributed by atoms with Crippen LogP contribution in [0.2, 0.25) is 0 Å². The number of benzene rings is 1. The van der Waals surface area contributed by atoms with Gasteiger partial charge >= 0.3 is 0 Å². The molecule has 1 aromatic carbocycles. The second kappa shape index (κ2) is 8.94. The normalized spacial score (nSPS) is 17.1. The van der Waals surface area contributed by atoms with Crippen molar-refractivity contribution in [3.63, 3.8) is 0 Å². The first-order valence-electron chi connectivity index (χ1n) is 11.3. The molecule has 4 N–H and O–H groups in total. The van der Waals surface area contributed by atoms with Crippen molar-refractivity contribution >= 4 is 17.2 Å². The van der Waals surface area contributed by atoms with Gasteiger partial charge in [-0.05, 0) is 31.9 Å². The Hall–Kier alpha value is -4.26. The molecule has 0 unspecified atom stereocenters. The van der Waals surface area contributed by atoms with Gasteiger partial charge in [-0.1, -0.05) is 54.1 Å². The van der Waals surface area contributed by atoms with E-state index in [9.17, 15) is 4.79 Å². The SMILES string of the molecule is Cc1ccc(-c2nc(C3CC(C(N)=O)C3)n3ccnc(N)c23)ccnc(-c2ccccc2)cc1. The summed E-state index contributed by atoms with van der Waals surface area (Å²) in [5.74, 6) is 1.07. The first-order chi connectivity index (χ1) is 16.5. The van der Waals surface area contributed by atoms with Crippen LogP contribution in [-0.2, 0) is 4.79 Å². The van der Waals surface area contributed by atoms with Crippen molar-refractivity contribution in [1.29, 1.82) is 0 Å². The molecule has 170 valence electrons. The summed E-state index contributed by atoms with van der Waals surface area (Å²) in [5, 5.41) is 0. The van der Waals surface area contributed by atoms with Crippen molar-refractivity contribution in [2.24, 2.45) is 11.7 Å². The molecule has 0 saturated heterocycles. The summed E-state index contributed by atoms with van der Waals surface area (Å²) >= 11 is 0. The Bertz CT molecular complexity index is 1420. The van der Waals surface area contributed by atoms with Crippen LogP contribution in [-0.4, -0.2) is 25.3 Å². The molecular formula is C27H26N6O. The van der Waals surface area contributed by atoms with Crippen molar-refractivity contribution in [2.75, 3.05) is 5.73 Å². The van der Waals surface area contributed by atoms with E-state index in [0.29, 0.717) is 18.7 Å². The fourth-order valence-electron chi connectivity index (χ4n) is 4.36. The van der Waals surface area contributed by atoms with E-state index in [4.69, 9.17) is 21.4 Å². The summed E-state index contributed by atoms with van der Waals surface area (Å²) in [6, 6.07) is 20.1. The number of carbonyl (C=O) groups excluding carboxylic acids is 1. The van der Waals surface area contributed by atoms with E-state index < -0.39 is 0 Å². The molecule has 1 aliphatic carbocycles. The molecule has 0 aliphatic heterocycles. The van der Waals surface area contributed by atoms with Gasteiger partial charge < -0.3 is 11.5 Å². The van der Waals surface area contributed by atoms with E-state index in [2.05, 4.69) is 4.98 Å². The average molecular weight is 451 g/mol. The van der Waals surface area contributed by atoms with E-state index in [-0.39, 0.29) is 17.7 Å². The number of aromatic nitrogens is 4. The second-order valence-corrected chi connectivity index (χ2v) is 8.68. The Morgan fingerprint density at radius 3 is 2.47 bits per heavy atom. The minimum absolute atomic E-state index is 0.101. The van der Waals surface area contributed by atoms with Gasteiger partial charge in [-0.25, -0.2) is 9.97 Å². The zero-order valence-corrected chi connectivity index (χ0v) is 18.9. The van der Waals surface area contributed by atoms with Gasteiger partial charge in [0.05, 0.1) is 5.69 Å². The zero-order chi connectivity index (χ0) is 23.7. The van der Waals surface area contributed by atoms with Crippen LogP contribution in [0.25, 0.3) is 28.0 Å². The number of carbonyl (C=O) groups is 1. The van der Waals surface area contributed by atoms with E-state index >= 15 is 0 Å². The van der Waals surface area contributed by atoms with Crippen molar-refractivity contribution in [3.05, 3.63) is 90.6 Å². The number of imidazole rings is 1. The van der Waals surface area contributed by atoms with Crippen LogP contribution in [0.1, 0.15) is 30.1 Å². The highest BCUT2D eigenvalue weighted by molar-refractivity contribution is 5.85. The van der Waals surface area contributed by atoms with Crippen molar-refractivity contribution < 1.29 is 4.79 Å². The monoisotopic (exact) mass is 450 g/mol. The fraction of sp³-hybridized carbons (Fsp3) is 0.185. The number of fused-ring (bicyclic) bond motifs is 1. The summed E-state index contributed by atoms with van der Waals surface area (Å²) in [6.45, 7) is 2.05. The molecule has 1 saturated carbocycles. The summed E-state index contributed by atoms with van der Waals surface area (Å²) in [5.41, 5.74) is 17.2. The lowest BCUT2D eigenvalue weighted by molar-refractivity contribution is -0.124. The maximum atomic E-state index is 11.5. The summed E-state index contributed by atoms with van der Waals surface area (Å²) in [4.78, 5) is 25.6. The van der Waals surface area contributed by atoms with Crippen LogP contribution in [0, 0.1) is 12.8 Å². The summed E-state index contributed by atoms with van der Waals surface area (Å²) in [7, 11) is 0. The molecule has 4 aromatic rings. The number of rotatable bonds is 4. The maximum Gasteiger partial charge on any atom is 0.220 e. The number of nitrogens with two attached hydrogens (primary N) is 2. The van der Waals surface area contributed by atoms with E-state index in [1.165, 1.54) is 0 Å². The highest BCUT2D eigenvalue weighted by Gasteiger charge is 2.37. The molecule has 7 nitrogen and oxygen atoms in total. The van der Waals surface area contributed by atoms with Crippen molar-refractivity contribution in [1.82, 2.24) is 19.4 Å². The molecule has 1 amide bonds. The Morgan fingerprint density at radius 2 is 1.71 bits per heavy atom. The molecule has 3 aromatic heterocycles. The van der Waals surface area contributed by atoms with Crippen molar-refractivity contribution in [2.45, 2.75) is 25.7 Å². The number of nitrogens with zero attached hydrogens (tertiary/aromatic N) is 4. The minimum atomic E-state index is -0.253. The number of amides is 1. The molecule has 5 rings (SSSR count). The van der Waals surface area contributed by atoms with Gasteiger partial charge in [0.25, 0.3) is 0 Å². The van der Waals surface area contributed by atoms with Gasteiger partial charge in [0.15, 0.2) is 0 Å². The molecule has 34 heavy (non-hydrogen) atoms. The molecule has 7 heteroatoms. The second-order valence-electron chi connectivity index (χ2n) is 8.68. The standard InChI is InChI=1S/C27H26N6O/c1-17-7-9-19(11-12-30-22(10-8-17)18-5-3-2-4-6-18)23-24-25(28)31-13-14-33(24)27(32-23)21-15-20(16-21)26(29)34/h2-14,20-21H,15-16H2,1H3,(H2,28,31)(H2,29,34). The number of hydrogen-bond donors (Lipinski definition) is 2. The number of anilines is 1. The topological polar surface area (TPSA) is 112 Å². The predicted molar refractivity (Wildman–Crippen MR) is 133 cm³/mol. The van der Waals surface area contributed by atoms with Crippen LogP contribution < -0.4 is 11.5 Å². The van der Waals surface area contributed by atoms with Crippen LogP contribution in [0.15, 0.2) is 79.3 Å². The largest absolute Gasteiger partial charge is 0.382 e. The Kier molecular flexibility index (Phi) is 5.67. The third-order valence-electron chi connectivity index (χ3n) is 6.36. The summed E-state index contributed by atoms with van der Waals surface area (Å²) < 4.78 is 1.99. The van der Waals surface area contributed by atoms with E-state index in [1.54, 1.807) is 12.4 Å². The Morgan fingerprint density at radius 1 is 0.941 bits per heavy atom. The molecule has 0 bridgehead atoms. The maximum absolute atomic E-state index is 11.5. The first kappa shape index (κ1) is 21.6. The highest BCUT2D eigenvalue weighted by Crippen LogP contribution is 2.42. The number of hydrogen-bond acceptors (Lipinski definition) is 5. The minimum Gasteiger partial charge on any atom is -0.382 e. The lowest BCUT2D eigenvalue weighted by atomic mass is 9.74. The Balaban J connectivity index is 1.65. The molecule has 3 heterocycles. The van der Waals surface area contributed by atoms with Gasteiger partial charge in [-0.3, -0.25) is 14.2 Å². The average Bonchev–Trinajstić information content (AvgIpc) is 3.18. The lowest BCUT2D eigenvalue weighted by Gasteiger charge is -2.31. The van der Waals surface area contributed by atoms with Crippen LogP contribution in [0.5, 0.6) is 0 Å². The van der Waals surface area contributed by atoms with Gasteiger partial charge in [-0.15, -0.1) is 0 Å². The predicted octanol–water partition coefficient (Wildman–Crippen LogP) is 4.45. The number of nitrogen functional groups attached to an aromatic ring is 1. The molecule has 0 radical (unpaired) electrons. The lowest BCUT2D eigenvalue weighted by Crippen LogP contribution is -2.34. The van der Waals surface area contributed by atoms with Gasteiger partial charge in [0.1, 0.15) is 22.9 Å². The smallest absolute Gasteiger partial charge is 0.220 e. The number of aryl methyl sites for hydroxylation is 1. The quantitative estimate of drug-likeness (QED) is 0.477. The third-order valence-corrected chi connectivity index (χ3v) is 6.36. The molecule has 1 fully saturated rings. The molecule has 0 spiro atoms. The van der Waals surface area contributed by atoms with Crippen LogP contribution >= 0.6 is 0 Å². The zero-order valence-electron chi connectivity index (χ0n) is 18.9. The highest BCUT2D eigenvalue weighted by atomic mass is 16.1. The van der Waals surface area contributed by atoms with Gasteiger partial charge in [-0.2, -0.15) is 0 Å². The molecule has 1 aliphatic rings. The first-order valence-corrected chi connectivity index (χ1v) is 11.3. The van der Waals surface area contributed by atoms with Gasteiger partial charge in [0, 0.05) is 41.6 Å². The Labute approximate surface area is 197 Å². The molecular weight excluding hydrogens is 424 g/mol. The molecule has 0 atom stereocenters.